The Labute approximate surface area is 80.0 Å². The molecule has 0 unspecified atom stereocenters. The maximum Gasteiger partial charge on any atom is 0.160 e. The number of aryl methyl sites for hydroxylation is 1. The number of hydrogen-bond donors (Lipinski definition) is 1. The Morgan fingerprint density at radius 2 is 2.21 bits per heavy atom. The van der Waals surface area contributed by atoms with Gasteiger partial charge in [-0.3, -0.25) is 4.79 Å². The molecule has 0 saturated carbocycles. The van der Waals surface area contributed by atoms with Gasteiger partial charge in [0.2, 0.25) is 0 Å². The maximum absolute atomic E-state index is 11.1. The lowest BCUT2D eigenvalue weighted by molar-refractivity contribution is 0.101. The van der Waals surface area contributed by atoms with Gasteiger partial charge in [0.1, 0.15) is 5.75 Å². The lowest BCUT2D eigenvalue weighted by Crippen LogP contribution is -1.94. The van der Waals surface area contributed by atoms with Crippen molar-refractivity contribution < 1.29 is 9.90 Å². The van der Waals surface area contributed by atoms with Gasteiger partial charge in [-0.05, 0) is 19.1 Å². The maximum atomic E-state index is 11.1. The monoisotopic (exact) mass is 191 g/mol. The molecule has 5 nitrogen and oxygen atoms in total. The van der Waals surface area contributed by atoms with Crippen LogP contribution in [0.3, 0.4) is 0 Å². The Kier molecular flexibility index (Phi) is 1.73. The van der Waals surface area contributed by atoms with Gasteiger partial charge in [-0.1, -0.05) is 5.21 Å². The lowest BCUT2D eigenvalue weighted by Gasteiger charge is -1.98. The van der Waals surface area contributed by atoms with Gasteiger partial charge in [-0.15, -0.1) is 5.10 Å². The quantitative estimate of drug-likeness (QED) is 0.679. The largest absolute Gasteiger partial charge is 0.506 e. The number of phenolic OH excluding ortho intramolecular Hbond substituents is 1. The summed E-state index contributed by atoms with van der Waals surface area (Å²) in [7, 11) is 1.71. The number of aromatic hydroxyl groups is 1. The van der Waals surface area contributed by atoms with Gasteiger partial charge in [-0.25, -0.2) is 4.68 Å². The number of hydrogen-bond acceptors (Lipinski definition) is 4. The Morgan fingerprint density at radius 3 is 2.86 bits per heavy atom. The third-order valence-electron chi connectivity index (χ3n) is 2.10. The first kappa shape index (κ1) is 8.68. The van der Waals surface area contributed by atoms with E-state index in [1.54, 1.807) is 13.1 Å². The second-order valence-electron chi connectivity index (χ2n) is 3.13. The van der Waals surface area contributed by atoms with Crippen LogP contribution in [0.1, 0.15) is 17.3 Å². The number of carbonyl (C=O) groups is 1. The van der Waals surface area contributed by atoms with Gasteiger partial charge in [0.15, 0.2) is 11.3 Å². The minimum Gasteiger partial charge on any atom is -0.506 e. The number of aromatic nitrogens is 3. The van der Waals surface area contributed by atoms with Gasteiger partial charge in [-0.2, -0.15) is 0 Å². The van der Waals surface area contributed by atoms with Crippen molar-refractivity contribution in [2.75, 3.05) is 0 Å². The Morgan fingerprint density at radius 1 is 1.50 bits per heavy atom. The molecule has 1 aromatic carbocycles. The Hall–Kier alpha value is -1.91. The number of rotatable bonds is 1. The van der Waals surface area contributed by atoms with Crippen LogP contribution < -0.4 is 0 Å². The number of carbonyl (C=O) groups excluding carboxylic acids is 1. The van der Waals surface area contributed by atoms with E-state index in [2.05, 4.69) is 10.3 Å². The molecule has 1 heterocycles. The highest BCUT2D eigenvalue weighted by molar-refractivity contribution is 5.98. The van der Waals surface area contributed by atoms with Gasteiger partial charge in [0, 0.05) is 12.6 Å². The zero-order valence-electron chi connectivity index (χ0n) is 7.85. The third-order valence-corrected chi connectivity index (χ3v) is 2.10. The summed E-state index contributed by atoms with van der Waals surface area (Å²) >= 11 is 0. The fourth-order valence-electron chi connectivity index (χ4n) is 1.32. The smallest absolute Gasteiger partial charge is 0.160 e. The fourth-order valence-corrected chi connectivity index (χ4v) is 1.32. The predicted molar refractivity (Wildman–Crippen MR) is 50.2 cm³/mol. The number of benzene rings is 1. The van der Waals surface area contributed by atoms with Crippen molar-refractivity contribution in [3.8, 4) is 5.75 Å². The van der Waals surface area contributed by atoms with E-state index in [0.717, 1.165) is 0 Å². The van der Waals surface area contributed by atoms with Crippen LogP contribution in [-0.4, -0.2) is 25.9 Å². The molecular weight excluding hydrogens is 182 g/mol. The average molecular weight is 191 g/mol. The molecule has 1 aromatic heterocycles. The summed E-state index contributed by atoms with van der Waals surface area (Å²) in [6.07, 6.45) is 0. The SMILES string of the molecule is CC(=O)c1cc(O)c2nnn(C)c2c1. The van der Waals surface area contributed by atoms with E-state index in [1.165, 1.54) is 17.7 Å². The first-order valence-electron chi connectivity index (χ1n) is 4.13. The van der Waals surface area contributed by atoms with Gasteiger partial charge < -0.3 is 5.11 Å². The molecule has 2 aromatic rings. The fraction of sp³-hybridized carbons (Fsp3) is 0.222. The molecule has 72 valence electrons. The van der Waals surface area contributed by atoms with E-state index >= 15 is 0 Å². The summed E-state index contributed by atoms with van der Waals surface area (Å²) in [6, 6.07) is 3.07. The summed E-state index contributed by atoms with van der Waals surface area (Å²) in [5.41, 5.74) is 1.52. The van der Waals surface area contributed by atoms with Crippen LogP contribution >= 0.6 is 0 Å². The number of ketones is 1. The first-order chi connectivity index (χ1) is 6.59. The van der Waals surface area contributed by atoms with Crippen molar-refractivity contribution in [3.63, 3.8) is 0 Å². The van der Waals surface area contributed by atoms with Gasteiger partial charge in [0.25, 0.3) is 0 Å². The second kappa shape index (κ2) is 2.80. The average Bonchev–Trinajstić information content (AvgIpc) is 2.48. The molecule has 0 aliphatic rings. The van der Waals surface area contributed by atoms with Crippen molar-refractivity contribution in [2.45, 2.75) is 6.92 Å². The molecule has 0 aliphatic carbocycles. The molecular formula is C9H9N3O2. The summed E-state index contributed by atoms with van der Waals surface area (Å²) in [5.74, 6) is -0.107. The van der Waals surface area contributed by atoms with Crippen molar-refractivity contribution in [1.29, 1.82) is 0 Å². The molecule has 0 radical (unpaired) electrons. The molecule has 0 aliphatic heterocycles. The normalized spacial score (nSPS) is 10.7. The zero-order valence-corrected chi connectivity index (χ0v) is 7.85. The van der Waals surface area contributed by atoms with Crippen molar-refractivity contribution >= 4 is 16.8 Å². The molecule has 2 rings (SSSR count). The van der Waals surface area contributed by atoms with Crippen LogP contribution in [0.25, 0.3) is 11.0 Å². The van der Waals surface area contributed by atoms with E-state index in [4.69, 9.17) is 0 Å². The van der Waals surface area contributed by atoms with Crippen LogP contribution in [0.4, 0.5) is 0 Å². The zero-order chi connectivity index (χ0) is 10.3. The topological polar surface area (TPSA) is 68.0 Å². The molecule has 5 heteroatoms. The summed E-state index contributed by atoms with van der Waals surface area (Å²) in [4.78, 5) is 11.1. The number of Topliss-reactive ketones (excluding diaryl/α,β-unsaturated/α-hetero) is 1. The van der Waals surface area contributed by atoms with Crippen LogP contribution in [0.2, 0.25) is 0 Å². The van der Waals surface area contributed by atoms with Crippen molar-refractivity contribution in [2.24, 2.45) is 7.05 Å². The molecule has 0 spiro atoms. The van der Waals surface area contributed by atoms with E-state index in [0.29, 0.717) is 16.6 Å². The molecule has 14 heavy (non-hydrogen) atoms. The first-order valence-corrected chi connectivity index (χ1v) is 4.13. The number of fused-ring (bicyclic) bond motifs is 1. The molecule has 0 saturated heterocycles. The third kappa shape index (κ3) is 1.14. The van der Waals surface area contributed by atoms with Crippen LogP contribution in [0, 0.1) is 0 Å². The van der Waals surface area contributed by atoms with E-state index in [9.17, 15) is 9.90 Å². The van der Waals surface area contributed by atoms with E-state index < -0.39 is 0 Å². The standard InChI is InChI=1S/C9H9N3O2/c1-5(13)6-3-7-9(8(14)4-6)10-11-12(7)2/h3-4,14H,1-2H3. The van der Waals surface area contributed by atoms with Gasteiger partial charge in [0.05, 0.1) is 5.52 Å². The van der Waals surface area contributed by atoms with Crippen LogP contribution in [-0.2, 0) is 7.05 Å². The van der Waals surface area contributed by atoms with Crippen LogP contribution in [0.5, 0.6) is 5.75 Å². The van der Waals surface area contributed by atoms with E-state index in [1.807, 2.05) is 0 Å². The number of phenols is 1. The summed E-state index contributed by atoms with van der Waals surface area (Å²) in [5, 5.41) is 17.1. The number of nitrogens with zero attached hydrogens (tertiary/aromatic N) is 3. The Bertz CT molecular complexity index is 516. The van der Waals surface area contributed by atoms with Crippen LogP contribution in [0.15, 0.2) is 12.1 Å². The summed E-state index contributed by atoms with van der Waals surface area (Å²) in [6.45, 7) is 1.45. The molecule has 0 atom stereocenters. The predicted octanol–water partition coefficient (Wildman–Crippen LogP) is 0.876. The molecule has 0 amide bonds. The highest BCUT2D eigenvalue weighted by Crippen LogP contribution is 2.23. The second-order valence-corrected chi connectivity index (χ2v) is 3.13. The highest BCUT2D eigenvalue weighted by atomic mass is 16.3. The van der Waals surface area contributed by atoms with Gasteiger partial charge >= 0.3 is 0 Å². The molecule has 0 fully saturated rings. The minimum absolute atomic E-state index is 0.0131. The van der Waals surface area contributed by atoms with Crippen molar-refractivity contribution in [3.05, 3.63) is 17.7 Å². The molecule has 0 bridgehead atoms. The van der Waals surface area contributed by atoms with E-state index in [-0.39, 0.29) is 11.5 Å². The summed E-state index contributed by atoms with van der Waals surface area (Å²) < 4.78 is 1.52. The lowest BCUT2D eigenvalue weighted by atomic mass is 10.1. The van der Waals surface area contributed by atoms with Crippen molar-refractivity contribution in [1.82, 2.24) is 15.0 Å². The highest BCUT2D eigenvalue weighted by Gasteiger charge is 2.10. The molecule has 1 N–H and O–H groups in total. The Balaban J connectivity index is 2.82. The minimum atomic E-state index is -0.0941.